The van der Waals surface area contributed by atoms with Gasteiger partial charge in [0, 0.05) is 25.7 Å². The molecular weight excluding hydrogens is 274 g/mol. The summed E-state index contributed by atoms with van der Waals surface area (Å²) >= 11 is 0. The number of rotatable bonds is 5. The Labute approximate surface area is 134 Å². The van der Waals surface area contributed by atoms with Crippen molar-refractivity contribution in [1.29, 1.82) is 0 Å². The van der Waals surface area contributed by atoms with E-state index in [4.69, 9.17) is 0 Å². The number of nitrogens with one attached hydrogen (secondary N) is 2. The smallest absolute Gasteiger partial charge is 0.234 e. The lowest BCUT2D eigenvalue weighted by Gasteiger charge is -2.38. The second-order valence-electron chi connectivity index (χ2n) is 7.27. The lowest BCUT2D eigenvalue weighted by atomic mass is 9.85. The normalized spacial score (nSPS) is 16.9. The Morgan fingerprint density at radius 3 is 2.59 bits per heavy atom. The van der Waals surface area contributed by atoms with Crippen LogP contribution in [0.4, 0.5) is 0 Å². The van der Waals surface area contributed by atoms with Crippen molar-refractivity contribution in [1.82, 2.24) is 15.5 Å². The van der Waals surface area contributed by atoms with Gasteiger partial charge in [-0.25, -0.2) is 0 Å². The largest absolute Gasteiger partial charge is 0.350 e. The zero-order valence-electron chi connectivity index (χ0n) is 14.3. The molecule has 0 aliphatic carbocycles. The molecule has 122 valence electrons. The van der Waals surface area contributed by atoms with E-state index in [0.717, 1.165) is 26.1 Å². The fourth-order valence-corrected chi connectivity index (χ4v) is 2.91. The Morgan fingerprint density at radius 1 is 1.27 bits per heavy atom. The van der Waals surface area contributed by atoms with E-state index in [2.05, 4.69) is 60.6 Å². The number of amides is 1. The van der Waals surface area contributed by atoms with Gasteiger partial charge in [-0.3, -0.25) is 9.69 Å². The van der Waals surface area contributed by atoms with E-state index in [1.165, 1.54) is 11.1 Å². The molecule has 1 atom stereocenters. The van der Waals surface area contributed by atoms with Crippen LogP contribution in [-0.2, 0) is 17.8 Å². The number of carbonyl (C=O) groups excluding carboxylic acids is 1. The predicted molar refractivity (Wildman–Crippen MR) is 90.7 cm³/mol. The Kier molecular flexibility index (Phi) is 5.59. The van der Waals surface area contributed by atoms with Gasteiger partial charge in [0.2, 0.25) is 5.91 Å². The van der Waals surface area contributed by atoms with Crippen molar-refractivity contribution in [2.45, 2.75) is 39.8 Å². The summed E-state index contributed by atoms with van der Waals surface area (Å²) in [6.07, 6.45) is 1.09. The van der Waals surface area contributed by atoms with Gasteiger partial charge >= 0.3 is 0 Å². The number of likely N-dealkylation sites (N-methyl/N-ethyl adjacent to an activating group) is 1. The van der Waals surface area contributed by atoms with Crippen molar-refractivity contribution in [2.24, 2.45) is 5.41 Å². The van der Waals surface area contributed by atoms with E-state index in [-0.39, 0.29) is 17.4 Å². The summed E-state index contributed by atoms with van der Waals surface area (Å²) in [6, 6.07) is 8.82. The van der Waals surface area contributed by atoms with Crippen molar-refractivity contribution in [3.8, 4) is 0 Å². The maximum atomic E-state index is 11.9. The highest BCUT2D eigenvalue weighted by atomic mass is 16.2. The summed E-state index contributed by atoms with van der Waals surface area (Å²) in [5.41, 5.74) is 2.92. The molecule has 1 aliphatic rings. The summed E-state index contributed by atoms with van der Waals surface area (Å²) in [7, 11) is 1.80. The molecule has 1 unspecified atom stereocenters. The average Bonchev–Trinajstić information content (AvgIpc) is 2.46. The third-order valence-corrected chi connectivity index (χ3v) is 4.37. The molecular formula is C18H29N3O. The molecule has 0 saturated carbocycles. The van der Waals surface area contributed by atoms with Crippen molar-refractivity contribution in [2.75, 3.05) is 26.7 Å². The molecule has 1 aromatic carbocycles. The van der Waals surface area contributed by atoms with Crippen LogP contribution < -0.4 is 10.6 Å². The van der Waals surface area contributed by atoms with E-state index < -0.39 is 0 Å². The molecule has 1 amide bonds. The van der Waals surface area contributed by atoms with Crippen LogP contribution in [0.1, 0.15) is 31.9 Å². The molecule has 0 radical (unpaired) electrons. The molecule has 0 bridgehead atoms. The average molecular weight is 303 g/mol. The maximum Gasteiger partial charge on any atom is 0.234 e. The molecule has 4 heteroatoms. The van der Waals surface area contributed by atoms with Crippen LogP contribution in [0.2, 0.25) is 0 Å². The highest BCUT2D eigenvalue weighted by Gasteiger charge is 2.29. The first kappa shape index (κ1) is 17.0. The Hall–Kier alpha value is -1.39. The summed E-state index contributed by atoms with van der Waals surface area (Å²) in [6.45, 7) is 9.87. The molecule has 2 rings (SSSR count). The van der Waals surface area contributed by atoms with Gasteiger partial charge in [0.05, 0.1) is 6.54 Å². The van der Waals surface area contributed by atoms with Crippen molar-refractivity contribution in [3.05, 3.63) is 35.4 Å². The predicted octanol–water partition coefficient (Wildman–Crippen LogP) is 1.80. The fourth-order valence-electron chi connectivity index (χ4n) is 2.91. The number of benzene rings is 1. The molecule has 1 aliphatic heterocycles. The second-order valence-corrected chi connectivity index (χ2v) is 7.27. The molecule has 0 fully saturated rings. The van der Waals surface area contributed by atoms with Crippen LogP contribution in [0.3, 0.4) is 0 Å². The van der Waals surface area contributed by atoms with E-state index in [0.29, 0.717) is 6.54 Å². The lowest BCUT2D eigenvalue weighted by Crippen LogP contribution is -2.52. The first-order valence-electron chi connectivity index (χ1n) is 8.13. The molecule has 0 aromatic heterocycles. The fraction of sp³-hybridized carbons (Fsp3) is 0.611. The summed E-state index contributed by atoms with van der Waals surface area (Å²) in [5, 5.41) is 6.10. The minimum atomic E-state index is 0.0420. The number of fused-ring (bicyclic) bond motifs is 1. The highest BCUT2D eigenvalue weighted by Crippen LogP contribution is 2.23. The number of carbonyl (C=O) groups is 1. The molecule has 1 aromatic rings. The lowest BCUT2D eigenvalue weighted by molar-refractivity contribution is -0.121. The first-order valence-corrected chi connectivity index (χ1v) is 8.13. The standard InChI is InChI=1S/C18H29N3O/c1-18(2,3)16(20-17(22)11-19-4)13-21-10-9-14-7-5-6-8-15(14)12-21/h5-8,16,19H,9-13H2,1-4H3,(H,20,22). The van der Waals surface area contributed by atoms with Gasteiger partial charge in [0.1, 0.15) is 0 Å². The molecule has 4 nitrogen and oxygen atoms in total. The van der Waals surface area contributed by atoms with Crippen LogP contribution in [0, 0.1) is 5.41 Å². The van der Waals surface area contributed by atoms with E-state index >= 15 is 0 Å². The number of hydrogen-bond donors (Lipinski definition) is 2. The Balaban J connectivity index is 2.01. The minimum absolute atomic E-state index is 0.0420. The van der Waals surface area contributed by atoms with Crippen LogP contribution >= 0.6 is 0 Å². The Bertz CT molecular complexity index is 507. The maximum absolute atomic E-state index is 11.9. The van der Waals surface area contributed by atoms with E-state index in [1.807, 2.05) is 0 Å². The van der Waals surface area contributed by atoms with Gasteiger partial charge in [0.15, 0.2) is 0 Å². The van der Waals surface area contributed by atoms with E-state index in [9.17, 15) is 4.79 Å². The third kappa shape index (κ3) is 4.55. The molecule has 22 heavy (non-hydrogen) atoms. The highest BCUT2D eigenvalue weighted by molar-refractivity contribution is 5.78. The molecule has 0 saturated heterocycles. The van der Waals surface area contributed by atoms with Gasteiger partial charge in [-0.2, -0.15) is 0 Å². The summed E-state index contributed by atoms with van der Waals surface area (Å²) in [4.78, 5) is 14.4. The van der Waals surface area contributed by atoms with Crippen molar-refractivity contribution >= 4 is 5.91 Å². The minimum Gasteiger partial charge on any atom is -0.350 e. The summed E-state index contributed by atoms with van der Waals surface area (Å²) in [5.74, 6) is 0.0693. The first-order chi connectivity index (χ1) is 10.4. The van der Waals surface area contributed by atoms with Crippen LogP contribution in [0.25, 0.3) is 0 Å². The molecule has 0 spiro atoms. The SMILES string of the molecule is CNCC(=O)NC(CN1CCc2ccccc2C1)C(C)(C)C. The van der Waals surface area contributed by atoms with Gasteiger partial charge in [0.25, 0.3) is 0 Å². The molecule has 2 N–H and O–H groups in total. The van der Waals surface area contributed by atoms with E-state index in [1.54, 1.807) is 7.05 Å². The number of hydrogen-bond acceptors (Lipinski definition) is 3. The van der Waals surface area contributed by atoms with Gasteiger partial charge in [-0.05, 0) is 30.0 Å². The quantitative estimate of drug-likeness (QED) is 0.872. The second kappa shape index (κ2) is 7.25. The van der Waals surface area contributed by atoms with Crippen LogP contribution in [0.5, 0.6) is 0 Å². The van der Waals surface area contributed by atoms with Crippen molar-refractivity contribution in [3.63, 3.8) is 0 Å². The monoisotopic (exact) mass is 303 g/mol. The third-order valence-electron chi connectivity index (χ3n) is 4.37. The topological polar surface area (TPSA) is 44.4 Å². The van der Waals surface area contributed by atoms with Gasteiger partial charge in [-0.1, -0.05) is 45.0 Å². The Morgan fingerprint density at radius 2 is 1.95 bits per heavy atom. The van der Waals surface area contributed by atoms with Gasteiger partial charge < -0.3 is 10.6 Å². The van der Waals surface area contributed by atoms with Gasteiger partial charge in [-0.15, -0.1) is 0 Å². The zero-order chi connectivity index (χ0) is 16.2. The zero-order valence-corrected chi connectivity index (χ0v) is 14.3. The van der Waals surface area contributed by atoms with Crippen molar-refractivity contribution < 1.29 is 4.79 Å². The summed E-state index contributed by atoms with van der Waals surface area (Å²) < 4.78 is 0. The van der Waals surface area contributed by atoms with Crippen LogP contribution in [-0.4, -0.2) is 43.5 Å². The molecule has 1 heterocycles. The van der Waals surface area contributed by atoms with Crippen LogP contribution in [0.15, 0.2) is 24.3 Å². The number of nitrogens with zero attached hydrogens (tertiary/aromatic N) is 1.